The maximum Gasteiger partial charge on any atom is 0.251 e. The molecule has 0 saturated carbocycles. The van der Waals surface area contributed by atoms with E-state index in [4.69, 9.17) is 9.88 Å². The molecule has 1 rings (SSSR count). The van der Waals surface area contributed by atoms with Crippen LogP contribution < -0.4 is 15.2 Å². The highest BCUT2D eigenvalue weighted by atomic mass is 32.2. The number of benzene rings is 1. The first-order valence-corrected chi connectivity index (χ1v) is 8.39. The van der Waals surface area contributed by atoms with E-state index in [2.05, 4.69) is 5.32 Å². The Morgan fingerprint density at radius 3 is 2.52 bits per heavy atom. The highest BCUT2D eigenvalue weighted by Gasteiger charge is 2.19. The van der Waals surface area contributed by atoms with Gasteiger partial charge in [0.05, 0.1) is 7.11 Å². The van der Waals surface area contributed by atoms with Crippen LogP contribution in [0, 0.1) is 0 Å². The summed E-state index contributed by atoms with van der Waals surface area (Å²) in [4.78, 5) is 12.0. The van der Waals surface area contributed by atoms with Crippen molar-refractivity contribution in [3.63, 3.8) is 0 Å². The van der Waals surface area contributed by atoms with Crippen LogP contribution >= 0.6 is 0 Å². The number of nitrogens with one attached hydrogen (secondary N) is 1. The average Bonchev–Trinajstić information content (AvgIpc) is 2.44. The number of nitrogens with two attached hydrogens (primary N) is 1. The predicted octanol–water partition coefficient (Wildman–Crippen LogP) is 1.65. The van der Waals surface area contributed by atoms with E-state index in [1.807, 2.05) is 13.8 Å². The molecule has 0 aromatic heterocycles. The van der Waals surface area contributed by atoms with Crippen LogP contribution in [0.3, 0.4) is 0 Å². The first-order valence-electron chi connectivity index (χ1n) is 6.85. The number of primary sulfonamides is 1. The number of sulfonamides is 1. The fraction of sp³-hybridized carbons (Fsp3) is 0.500. The topological polar surface area (TPSA) is 98.5 Å². The van der Waals surface area contributed by atoms with Gasteiger partial charge < -0.3 is 10.1 Å². The van der Waals surface area contributed by atoms with Gasteiger partial charge in [0.1, 0.15) is 10.6 Å². The van der Waals surface area contributed by atoms with Crippen molar-refractivity contribution in [3.8, 4) is 5.75 Å². The Hall–Kier alpha value is -1.60. The second kappa shape index (κ2) is 7.42. The molecule has 0 heterocycles. The summed E-state index contributed by atoms with van der Waals surface area (Å²) in [6.07, 6.45) is 2.65. The van der Waals surface area contributed by atoms with Crippen LogP contribution in [0.1, 0.15) is 43.5 Å². The molecule has 0 radical (unpaired) electrons. The lowest BCUT2D eigenvalue weighted by Gasteiger charge is -2.16. The van der Waals surface area contributed by atoms with E-state index in [1.54, 1.807) is 0 Å². The van der Waals surface area contributed by atoms with Gasteiger partial charge in [-0.15, -0.1) is 0 Å². The van der Waals surface area contributed by atoms with Gasteiger partial charge in [0.25, 0.3) is 5.91 Å². The number of carbonyl (C=O) groups excluding carboxylic acids is 1. The Morgan fingerprint density at radius 2 is 2.05 bits per heavy atom. The van der Waals surface area contributed by atoms with Crippen LogP contribution in [0.5, 0.6) is 5.75 Å². The molecule has 0 aliphatic heterocycles. The number of hydrogen-bond acceptors (Lipinski definition) is 4. The van der Waals surface area contributed by atoms with Gasteiger partial charge in [-0.3, -0.25) is 4.79 Å². The van der Waals surface area contributed by atoms with Crippen molar-refractivity contribution >= 4 is 15.9 Å². The standard InChI is InChI=1S/C14H22N2O4S/c1-4-6-11(5-2)16-14(17)10-7-8-12(20-3)13(9-10)21(15,18)19/h7-9,11H,4-6H2,1-3H3,(H,16,17)(H2,15,18,19). The van der Waals surface area contributed by atoms with E-state index in [9.17, 15) is 13.2 Å². The summed E-state index contributed by atoms with van der Waals surface area (Å²) in [5.41, 5.74) is 0.245. The molecular weight excluding hydrogens is 292 g/mol. The molecule has 0 bridgehead atoms. The number of rotatable bonds is 7. The van der Waals surface area contributed by atoms with Gasteiger partial charge in [-0.05, 0) is 31.0 Å². The predicted molar refractivity (Wildman–Crippen MR) is 80.8 cm³/mol. The smallest absolute Gasteiger partial charge is 0.251 e. The van der Waals surface area contributed by atoms with Gasteiger partial charge in [0, 0.05) is 11.6 Å². The normalized spacial score (nSPS) is 12.8. The summed E-state index contributed by atoms with van der Waals surface area (Å²) in [5.74, 6) is -0.197. The van der Waals surface area contributed by atoms with Crippen molar-refractivity contribution in [1.29, 1.82) is 0 Å². The van der Waals surface area contributed by atoms with E-state index >= 15 is 0 Å². The summed E-state index contributed by atoms with van der Waals surface area (Å²) >= 11 is 0. The van der Waals surface area contributed by atoms with E-state index in [0.717, 1.165) is 19.3 Å². The Labute approximate surface area is 125 Å². The molecule has 1 amide bonds. The molecule has 0 saturated heterocycles. The van der Waals surface area contributed by atoms with E-state index in [-0.39, 0.29) is 28.2 Å². The van der Waals surface area contributed by atoms with E-state index < -0.39 is 10.0 Å². The molecule has 1 aromatic rings. The van der Waals surface area contributed by atoms with Crippen molar-refractivity contribution in [1.82, 2.24) is 5.32 Å². The van der Waals surface area contributed by atoms with Crippen LogP contribution in [0.2, 0.25) is 0 Å². The highest BCUT2D eigenvalue weighted by molar-refractivity contribution is 7.89. The average molecular weight is 314 g/mol. The monoisotopic (exact) mass is 314 g/mol. The molecule has 1 atom stereocenters. The molecule has 7 heteroatoms. The van der Waals surface area contributed by atoms with Crippen LogP contribution in [-0.4, -0.2) is 27.5 Å². The Bertz CT molecular complexity index is 599. The molecule has 0 aliphatic carbocycles. The van der Waals surface area contributed by atoms with Gasteiger partial charge in [0.15, 0.2) is 0 Å². The second-order valence-corrected chi connectivity index (χ2v) is 6.31. The van der Waals surface area contributed by atoms with Crippen LogP contribution in [-0.2, 0) is 10.0 Å². The van der Waals surface area contributed by atoms with Gasteiger partial charge in [-0.1, -0.05) is 20.3 Å². The molecule has 118 valence electrons. The van der Waals surface area contributed by atoms with Crippen LogP contribution in [0.15, 0.2) is 23.1 Å². The Balaban J connectivity index is 3.06. The lowest BCUT2D eigenvalue weighted by molar-refractivity contribution is 0.0933. The van der Waals surface area contributed by atoms with Crippen molar-refractivity contribution in [2.45, 2.75) is 44.0 Å². The third-order valence-electron chi connectivity index (χ3n) is 3.20. The zero-order chi connectivity index (χ0) is 16.0. The molecule has 1 aromatic carbocycles. The Morgan fingerprint density at radius 1 is 1.38 bits per heavy atom. The third-order valence-corrected chi connectivity index (χ3v) is 4.13. The van der Waals surface area contributed by atoms with Crippen molar-refractivity contribution in [2.24, 2.45) is 5.14 Å². The molecule has 0 spiro atoms. The summed E-state index contributed by atoms with van der Waals surface area (Å²) in [6.45, 7) is 4.03. The van der Waals surface area contributed by atoms with Gasteiger partial charge in [0.2, 0.25) is 10.0 Å². The molecule has 3 N–H and O–H groups in total. The van der Waals surface area contributed by atoms with Crippen LogP contribution in [0.25, 0.3) is 0 Å². The fourth-order valence-corrected chi connectivity index (χ4v) is 2.76. The van der Waals surface area contributed by atoms with Gasteiger partial charge >= 0.3 is 0 Å². The second-order valence-electron chi connectivity index (χ2n) is 4.78. The summed E-state index contributed by atoms with van der Waals surface area (Å²) in [6, 6.07) is 4.25. The molecular formula is C14H22N2O4S. The van der Waals surface area contributed by atoms with Gasteiger partial charge in [-0.2, -0.15) is 0 Å². The minimum atomic E-state index is -3.95. The molecule has 21 heavy (non-hydrogen) atoms. The number of methoxy groups -OCH3 is 1. The summed E-state index contributed by atoms with van der Waals surface area (Å²) < 4.78 is 28.0. The number of ether oxygens (including phenoxy) is 1. The van der Waals surface area contributed by atoms with Crippen LogP contribution in [0.4, 0.5) is 0 Å². The Kier molecular flexibility index (Phi) is 6.17. The molecule has 6 nitrogen and oxygen atoms in total. The first-order chi connectivity index (χ1) is 9.83. The fourth-order valence-electron chi connectivity index (χ4n) is 2.04. The number of hydrogen-bond donors (Lipinski definition) is 2. The minimum absolute atomic E-state index is 0.0718. The molecule has 0 fully saturated rings. The van der Waals surface area contributed by atoms with E-state index in [0.29, 0.717) is 0 Å². The lowest BCUT2D eigenvalue weighted by Crippen LogP contribution is -2.34. The molecule has 1 unspecified atom stereocenters. The molecule has 0 aliphatic rings. The largest absolute Gasteiger partial charge is 0.495 e. The van der Waals surface area contributed by atoms with Crippen molar-refractivity contribution in [2.75, 3.05) is 7.11 Å². The first kappa shape index (κ1) is 17.5. The summed E-state index contributed by atoms with van der Waals surface area (Å²) in [5, 5.41) is 8.02. The maximum absolute atomic E-state index is 12.2. The SMILES string of the molecule is CCCC(CC)NC(=O)c1ccc(OC)c(S(N)(=O)=O)c1. The van der Waals surface area contributed by atoms with Gasteiger partial charge in [-0.25, -0.2) is 13.6 Å². The van der Waals surface area contributed by atoms with E-state index in [1.165, 1.54) is 25.3 Å². The summed E-state index contributed by atoms with van der Waals surface area (Å²) in [7, 11) is -2.61. The minimum Gasteiger partial charge on any atom is -0.495 e. The third kappa shape index (κ3) is 4.71. The zero-order valence-electron chi connectivity index (χ0n) is 12.5. The quantitative estimate of drug-likeness (QED) is 0.799. The maximum atomic E-state index is 12.2. The number of carbonyl (C=O) groups is 1. The van der Waals surface area contributed by atoms with Crippen molar-refractivity contribution < 1.29 is 17.9 Å². The van der Waals surface area contributed by atoms with Crippen molar-refractivity contribution in [3.05, 3.63) is 23.8 Å². The highest BCUT2D eigenvalue weighted by Crippen LogP contribution is 2.23. The zero-order valence-corrected chi connectivity index (χ0v) is 13.4. The lowest BCUT2D eigenvalue weighted by atomic mass is 10.1. The number of amides is 1.